The van der Waals surface area contributed by atoms with Crippen LogP contribution in [0.1, 0.15) is 5.56 Å². The summed E-state index contributed by atoms with van der Waals surface area (Å²) >= 11 is 5.60. The molecular formula is C12H11ClN2O3S. The Bertz CT molecular complexity index is 669. The van der Waals surface area contributed by atoms with E-state index in [4.69, 9.17) is 11.6 Å². The molecule has 0 saturated heterocycles. The van der Waals surface area contributed by atoms with Crippen LogP contribution in [0.4, 0.5) is 5.69 Å². The Morgan fingerprint density at radius 1 is 1.16 bits per heavy atom. The monoisotopic (exact) mass is 298 g/mol. The molecule has 1 aromatic carbocycles. The van der Waals surface area contributed by atoms with Crippen molar-refractivity contribution < 1.29 is 13.6 Å². The van der Waals surface area contributed by atoms with E-state index in [2.05, 4.69) is 4.98 Å². The zero-order chi connectivity index (χ0) is 14.0. The third kappa shape index (κ3) is 2.86. The minimum Gasteiger partial charge on any atom is -0.274 e. The number of aromatic nitrogens is 1. The molecule has 0 bridgehead atoms. The minimum absolute atomic E-state index is 0.00412. The van der Waals surface area contributed by atoms with Gasteiger partial charge in [0.15, 0.2) is 0 Å². The maximum absolute atomic E-state index is 12.1. The van der Waals surface area contributed by atoms with Crippen molar-refractivity contribution in [2.45, 2.75) is 11.8 Å². The van der Waals surface area contributed by atoms with Crippen molar-refractivity contribution >= 4 is 27.3 Å². The minimum atomic E-state index is -4.02. The van der Waals surface area contributed by atoms with Gasteiger partial charge in [0.25, 0.3) is 10.0 Å². The van der Waals surface area contributed by atoms with E-state index in [0.717, 1.165) is 5.56 Å². The maximum atomic E-state index is 12.1. The van der Waals surface area contributed by atoms with Crippen LogP contribution >= 0.6 is 11.6 Å². The third-order valence-corrected chi connectivity index (χ3v) is 4.24. The highest BCUT2D eigenvalue weighted by Crippen LogP contribution is 2.22. The van der Waals surface area contributed by atoms with Gasteiger partial charge in [-0.2, -0.15) is 8.42 Å². The number of hydrogen-bond donors (Lipinski definition) is 1. The molecule has 5 nitrogen and oxygen atoms in total. The SMILES string of the molecule is Cc1ccc(S(=O)(=O)N(O)c2ccc(Cl)nc2)cc1. The fourth-order valence-electron chi connectivity index (χ4n) is 1.43. The summed E-state index contributed by atoms with van der Waals surface area (Å²) in [5.74, 6) is 0. The van der Waals surface area contributed by atoms with Crippen molar-refractivity contribution in [3.05, 3.63) is 53.3 Å². The van der Waals surface area contributed by atoms with Gasteiger partial charge in [-0.05, 0) is 31.2 Å². The van der Waals surface area contributed by atoms with E-state index in [1.165, 1.54) is 30.5 Å². The zero-order valence-electron chi connectivity index (χ0n) is 9.99. The molecule has 0 spiro atoms. The Balaban J connectivity index is 2.39. The number of rotatable bonds is 3. The van der Waals surface area contributed by atoms with E-state index in [9.17, 15) is 13.6 Å². The van der Waals surface area contributed by atoms with Crippen molar-refractivity contribution in [3.8, 4) is 0 Å². The lowest BCUT2D eigenvalue weighted by molar-refractivity contribution is 0.315. The summed E-state index contributed by atoms with van der Waals surface area (Å²) in [6.07, 6.45) is 1.17. The molecule has 0 aliphatic heterocycles. The summed E-state index contributed by atoms with van der Waals surface area (Å²) in [7, 11) is -4.02. The molecule has 1 heterocycles. The Kier molecular flexibility index (Phi) is 3.75. The smallest absolute Gasteiger partial charge is 0.274 e. The van der Waals surface area contributed by atoms with E-state index in [-0.39, 0.29) is 20.2 Å². The molecule has 1 N–H and O–H groups in total. The Hall–Kier alpha value is -1.63. The second kappa shape index (κ2) is 5.16. The van der Waals surface area contributed by atoms with Crippen LogP contribution < -0.4 is 4.47 Å². The molecule has 7 heteroatoms. The number of sulfonamides is 1. The van der Waals surface area contributed by atoms with Crippen LogP contribution in [0.3, 0.4) is 0 Å². The zero-order valence-corrected chi connectivity index (χ0v) is 11.6. The van der Waals surface area contributed by atoms with Gasteiger partial charge in [0.1, 0.15) is 10.8 Å². The molecule has 0 saturated carbocycles. The number of hydrogen-bond acceptors (Lipinski definition) is 4. The lowest BCUT2D eigenvalue weighted by Gasteiger charge is -2.16. The summed E-state index contributed by atoms with van der Waals surface area (Å²) in [6, 6.07) is 8.92. The Morgan fingerprint density at radius 3 is 2.32 bits per heavy atom. The van der Waals surface area contributed by atoms with Gasteiger partial charge in [0.2, 0.25) is 0 Å². The maximum Gasteiger partial charge on any atom is 0.286 e. The molecule has 0 atom stereocenters. The average molecular weight is 299 g/mol. The van der Waals surface area contributed by atoms with Gasteiger partial charge in [-0.1, -0.05) is 29.3 Å². The topological polar surface area (TPSA) is 70.5 Å². The highest BCUT2D eigenvalue weighted by Gasteiger charge is 2.23. The van der Waals surface area contributed by atoms with E-state index in [1.807, 2.05) is 6.92 Å². The molecule has 0 aliphatic carbocycles. The molecule has 2 aromatic rings. The van der Waals surface area contributed by atoms with Crippen molar-refractivity contribution in [3.63, 3.8) is 0 Å². The fraction of sp³-hybridized carbons (Fsp3) is 0.0833. The van der Waals surface area contributed by atoms with Crippen molar-refractivity contribution in [1.82, 2.24) is 4.98 Å². The van der Waals surface area contributed by atoms with E-state index in [0.29, 0.717) is 0 Å². The largest absolute Gasteiger partial charge is 0.286 e. The van der Waals surface area contributed by atoms with Crippen LogP contribution in [0.2, 0.25) is 5.15 Å². The third-order valence-electron chi connectivity index (χ3n) is 2.48. The molecule has 0 fully saturated rings. The number of nitrogens with zero attached hydrogens (tertiary/aromatic N) is 2. The number of halogens is 1. The Morgan fingerprint density at radius 2 is 1.79 bits per heavy atom. The predicted molar refractivity (Wildman–Crippen MR) is 71.9 cm³/mol. The second-order valence-electron chi connectivity index (χ2n) is 3.90. The fourth-order valence-corrected chi connectivity index (χ4v) is 2.61. The van der Waals surface area contributed by atoms with E-state index >= 15 is 0 Å². The van der Waals surface area contributed by atoms with Crippen LogP contribution in [-0.4, -0.2) is 18.6 Å². The molecule has 0 unspecified atom stereocenters. The van der Waals surface area contributed by atoms with Gasteiger partial charge in [-0.25, -0.2) is 4.98 Å². The quantitative estimate of drug-likeness (QED) is 0.698. The number of aryl methyl sites for hydroxylation is 1. The lowest BCUT2D eigenvalue weighted by Crippen LogP contribution is -2.27. The van der Waals surface area contributed by atoms with Crippen LogP contribution in [-0.2, 0) is 10.0 Å². The first-order valence-corrected chi connectivity index (χ1v) is 7.15. The standard InChI is InChI=1S/C12H11ClN2O3S/c1-9-2-5-11(6-3-9)19(17,18)15(16)10-4-7-12(13)14-8-10/h2-8,16H,1H3. The molecule has 0 radical (unpaired) electrons. The van der Waals surface area contributed by atoms with Gasteiger partial charge < -0.3 is 0 Å². The van der Waals surface area contributed by atoms with Crippen molar-refractivity contribution in [2.24, 2.45) is 0 Å². The summed E-state index contributed by atoms with van der Waals surface area (Å²) in [4.78, 5) is 3.72. The molecule has 19 heavy (non-hydrogen) atoms. The van der Waals surface area contributed by atoms with Crippen LogP contribution in [0, 0.1) is 6.92 Å². The normalized spacial score (nSPS) is 11.3. The van der Waals surface area contributed by atoms with Gasteiger partial charge in [0.05, 0.1) is 11.1 Å². The molecule has 0 aliphatic rings. The number of pyridine rings is 1. The van der Waals surface area contributed by atoms with Gasteiger partial charge in [0, 0.05) is 0 Å². The second-order valence-corrected chi connectivity index (χ2v) is 6.05. The lowest BCUT2D eigenvalue weighted by atomic mass is 10.2. The molecular weight excluding hydrogens is 288 g/mol. The predicted octanol–water partition coefficient (Wildman–Crippen LogP) is 2.63. The summed E-state index contributed by atoms with van der Waals surface area (Å²) in [5, 5.41) is 10.0. The summed E-state index contributed by atoms with van der Waals surface area (Å²) in [5.41, 5.74) is 0.946. The van der Waals surface area contributed by atoms with E-state index in [1.54, 1.807) is 12.1 Å². The molecule has 100 valence electrons. The highest BCUT2D eigenvalue weighted by atomic mass is 35.5. The highest BCUT2D eigenvalue weighted by molar-refractivity contribution is 7.92. The van der Waals surface area contributed by atoms with Crippen molar-refractivity contribution in [2.75, 3.05) is 4.47 Å². The van der Waals surface area contributed by atoms with Gasteiger partial charge >= 0.3 is 0 Å². The molecule has 1 aromatic heterocycles. The first-order valence-electron chi connectivity index (χ1n) is 5.34. The Labute approximate surface area is 116 Å². The first-order chi connectivity index (χ1) is 8.91. The van der Waals surface area contributed by atoms with E-state index < -0.39 is 10.0 Å². The van der Waals surface area contributed by atoms with Crippen LogP contribution in [0.25, 0.3) is 0 Å². The summed E-state index contributed by atoms with van der Waals surface area (Å²) < 4.78 is 24.5. The van der Waals surface area contributed by atoms with Gasteiger partial charge in [-0.15, -0.1) is 4.47 Å². The summed E-state index contributed by atoms with van der Waals surface area (Å²) in [6.45, 7) is 1.84. The van der Waals surface area contributed by atoms with Crippen LogP contribution in [0.5, 0.6) is 0 Å². The first kappa shape index (κ1) is 13.8. The van der Waals surface area contributed by atoms with Gasteiger partial charge in [-0.3, -0.25) is 5.21 Å². The van der Waals surface area contributed by atoms with Crippen molar-refractivity contribution in [1.29, 1.82) is 0 Å². The molecule has 0 amide bonds. The molecule has 2 rings (SSSR count). The average Bonchev–Trinajstić information content (AvgIpc) is 2.39. The van der Waals surface area contributed by atoms with Crippen LogP contribution in [0.15, 0.2) is 47.5 Å². The number of anilines is 1. The number of benzene rings is 1.